The number of hydrogen-bond acceptors (Lipinski definition) is 8. The van der Waals surface area contributed by atoms with Gasteiger partial charge in [0.1, 0.15) is 11.9 Å². The lowest BCUT2D eigenvalue weighted by atomic mass is 10.1. The molecule has 2 aromatic carbocycles. The van der Waals surface area contributed by atoms with Crippen LogP contribution in [-0.2, 0) is 14.8 Å². The van der Waals surface area contributed by atoms with Crippen LogP contribution in [0.1, 0.15) is 10.4 Å². The zero-order valence-electron chi connectivity index (χ0n) is 14.6. The van der Waals surface area contributed by atoms with Gasteiger partial charge in [-0.25, -0.2) is 13.2 Å². The Bertz CT molecular complexity index is 1020. The molecule has 1 aliphatic heterocycles. The summed E-state index contributed by atoms with van der Waals surface area (Å²) < 4.78 is 37.4. The van der Waals surface area contributed by atoms with Gasteiger partial charge in [0.25, 0.3) is 15.7 Å². The molecule has 0 bridgehead atoms. The first-order chi connectivity index (χ1) is 13.3. The number of aliphatic hydroxyl groups is 1. The van der Waals surface area contributed by atoms with Gasteiger partial charge in [0.15, 0.2) is 0 Å². The molecule has 2 aromatic rings. The maximum absolute atomic E-state index is 13.1. The molecule has 1 aliphatic rings. The Hall–Kier alpha value is -3.18. The predicted molar refractivity (Wildman–Crippen MR) is 96.9 cm³/mol. The second-order valence-electron chi connectivity index (χ2n) is 5.88. The highest BCUT2D eigenvalue weighted by Crippen LogP contribution is 2.38. The van der Waals surface area contributed by atoms with E-state index in [1.807, 2.05) is 0 Å². The van der Waals surface area contributed by atoms with Crippen molar-refractivity contribution in [2.75, 3.05) is 24.6 Å². The Morgan fingerprint density at radius 1 is 1.32 bits per heavy atom. The van der Waals surface area contributed by atoms with E-state index in [0.29, 0.717) is 0 Å². The number of anilines is 1. The number of aliphatic hydroxyl groups excluding tert-OH is 1. The summed E-state index contributed by atoms with van der Waals surface area (Å²) in [6, 6.07) is 8.60. The van der Waals surface area contributed by atoms with Crippen LogP contribution < -0.4 is 9.04 Å². The zero-order chi connectivity index (χ0) is 20.5. The number of non-ortho nitro benzene ring substituents is 1. The van der Waals surface area contributed by atoms with E-state index in [1.165, 1.54) is 25.3 Å². The molecule has 10 nitrogen and oxygen atoms in total. The summed E-state index contributed by atoms with van der Waals surface area (Å²) in [5.41, 5.74) is 0.0977. The molecule has 0 saturated carbocycles. The molecule has 0 aliphatic carbocycles. The maximum atomic E-state index is 13.1. The van der Waals surface area contributed by atoms with Gasteiger partial charge in [0, 0.05) is 12.1 Å². The van der Waals surface area contributed by atoms with Gasteiger partial charge in [-0.1, -0.05) is 0 Å². The average Bonchev–Trinajstić information content (AvgIpc) is 2.71. The van der Waals surface area contributed by atoms with Gasteiger partial charge in [-0.3, -0.25) is 14.4 Å². The molecule has 0 saturated heterocycles. The number of rotatable bonds is 5. The lowest BCUT2D eigenvalue weighted by molar-refractivity contribution is -0.384. The number of hydrogen-bond donors (Lipinski definition) is 1. The Kier molecular flexibility index (Phi) is 5.21. The van der Waals surface area contributed by atoms with Crippen LogP contribution in [0.2, 0.25) is 0 Å². The molecule has 1 heterocycles. The van der Waals surface area contributed by atoms with Crippen LogP contribution in [0.5, 0.6) is 5.75 Å². The number of methoxy groups -OCH3 is 1. The smallest absolute Gasteiger partial charge is 0.337 e. The van der Waals surface area contributed by atoms with E-state index in [9.17, 15) is 28.4 Å². The standard InChI is InChI=1S/C17H16N2O8S/c1-26-17(21)11-2-7-15-16(8-11)27-13(10-20)9-18(15)28(24,25)14-5-3-12(4-6-14)19(22)23/h2-8,13,20H,9-10H2,1H3. The highest BCUT2D eigenvalue weighted by molar-refractivity contribution is 7.92. The summed E-state index contributed by atoms with van der Waals surface area (Å²) in [7, 11) is -2.88. The van der Waals surface area contributed by atoms with Crippen molar-refractivity contribution in [2.24, 2.45) is 0 Å². The van der Waals surface area contributed by atoms with Crippen molar-refractivity contribution < 1.29 is 32.7 Å². The molecule has 0 spiro atoms. The van der Waals surface area contributed by atoms with Gasteiger partial charge in [-0.15, -0.1) is 0 Å². The molecule has 0 amide bonds. The monoisotopic (exact) mass is 408 g/mol. The van der Waals surface area contributed by atoms with Crippen LogP contribution in [0.25, 0.3) is 0 Å². The largest absolute Gasteiger partial charge is 0.484 e. The topological polar surface area (TPSA) is 136 Å². The molecule has 11 heteroatoms. The minimum atomic E-state index is -4.10. The first kappa shape index (κ1) is 19.6. The van der Waals surface area contributed by atoms with Crippen molar-refractivity contribution in [1.82, 2.24) is 0 Å². The van der Waals surface area contributed by atoms with E-state index in [1.54, 1.807) is 0 Å². The number of carbonyl (C=O) groups is 1. The molecule has 1 N–H and O–H groups in total. The highest BCUT2D eigenvalue weighted by atomic mass is 32.2. The lowest BCUT2D eigenvalue weighted by Gasteiger charge is -2.34. The number of ether oxygens (including phenoxy) is 2. The van der Waals surface area contributed by atoms with Crippen LogP contribution in [-0.4, -0.2) is 50.8 Å². The molecular formula is C17H16N2O8S. The fraction of sp³-hybridized carbons (Fsp3) is 0.235. The third-order valence-corrected chi connectivity index (χ3v) is 5.95. The minimum absolute atomic E-state index is 0.0960. The molecule has 0 radical (unpaired) electrons. The number of sulfonamides is 1. The summed E-state index contributed by atoms with van der Waals surface area (Å²) in [6.07, 6.45) is -0.853. The summed E-state index contributed by atoms with van der Waals surface area (Å²) in [5.74, 6) is -0.527. The number of esters is 1. The van der Waals surface area contributed by atoms with E-state index >= 15 is 0 Å². The molecule has 0 fully saturated rings. The number of nitro benzene ring substituents is 1. The Labute approximate surface area is 160 Å². The number of fused-ring (bicyclic) bond motifs is 1. The summed E-state index contributed by atoms with van der Waals surface area (Å²) >= 11 is 0. The summed E-state index contributed by atoms with van der Waals surface area (Å²) in [5, 5.41) is 20.3. The van der Waals surface area contributed by atoms with Crippen LogP contribution in [0, 0.1) is 10.1 Å². The number of carbonyl (C=O) groups excluding carboxylic acids is 1. The third kappa shape index (κ3) is 3.49. The lowest BCUT2D eigenvalue weighted by Crippen LogP contribution is -2.45. The summed E-state index contributed by atoms with van der Waals surface area (Å²) in [4.78, 5) is 21.7. The van der Waals surface area contributed by atoms with E-state index in [2.05, 4.69) is 4.74 Å². The first-order valence-corrected chi connectivity index (χ1v) is 9.49. The fourth-order valence-electron chi connectivity index (χ4n) is 2.75. The van der Waals surface area contributed by atoms with Gasteiger partial charge in [0.05, 0.1) is 41.3 Å². The van der Waals surface area contributed by atoms with E-state index in [4.69, 9.17) is 4.74 Å². The first-order valence-electron chi connectivity index (χ1n) is 8.05. The van der Waals surface area contributed by atoms with Crippen molar-refractivity contribution in [3.05, 3.63) is 58.1 Å². The average molecular weight is 408 g/mol. The minimum Gasteiger partial charge on any atom is -0.484 e. The van der Waals surface area contributed by atoms with E-state index < -0.39 is 33.6 Å². The van der Waals surface area contributed by atoms with Gasteiger partial charge in [0.2, 0.25) is 0 Å². The Morgan fingerprint density at radius 2 is 2.00 bits per heavy atom. The van der Waals surface area contributed by atoms with Gasteiger partial charge in [-0.05, 0) is 30.3 Å². The second-order valence-corrected chi connectivity index (χ2v) is 7.75. The van der Waals surface area contributed by atoms with E-state index in [-0.39, 0.29) is 34.1 Å². The predicted octanol–water partition coefficient (Wildman–Crippen LogP) is 1.33. The van der Waals surface area contributed by atoms with Gasteiger partial charge >= 0.3 is 5.97 Å². The van der Waals surface area contributed by atoms with Crippen molar-refractivity contribution in [2.45, 2.75) is 11.0 Å². The second kappa shape index (κ2) is 7.44. The molecule has 28 heavy (non-hydrogen) atoms. The van der Waals surface area contributed by atoms with Crippen LogP contribution in [0.3, 0.4) is 0 Å². The van der Waals surface area contributed by atoms with Crippen molar-refractivity contribution in [3.8, 4) is 5.75 Å². The molecule has 1 atom stereocenters. The van der Waals surface area contributed by atoms with Gasteiger partial charge < -0.3 is 14.6 Å². The van der Waals surface area contributed by atoms with Crippen LogP contribution in [0.15, 0.2) is 47.4 Å². The molecule has 1 unspecified atom stereocenters. The Morgan fingerprint density at radius 3 is 2.57 bits per heavy atom. The molecule has 3 rings (SSSR count). The quantitative estimate of drug-likeness (QED) is 0.444. The fourth-order valence-corrected chi connectivity index (χ4v) is 4.26. The van der Waals surface area contributed by atoms with E-state index in [0.717, 1.165) is 28.6 Å². The number of benzene rings is 2. The SMILES string of the molecule is COC(=O)c1ccc2c(c1)OC(CO)CN2S(=O)(=O)c1ccc([N+](=O)[O-])cc1. The van der Waals surface area contributed by atoms with Crippen LogP contribution >= 0.6 is 0 Å². The maximum Gasteiger partial charge on any atom is 0.337 e. The van der Waals surface area contributed by atoms with Crippen molar-refractivity contribution in [1.29, 1.82) is 0 Å². The number of nitro groups is 1. The molecular weight excluding hydrogens is 392 g/mol. The highest BCUT2D eigenvalue weighted by Gasteiger charge is 2.35. The summed E-state index contributed by atoms with van der Waals surface area (Å²) in [6.45, 7) is -0.617. The normalized spacial score (nSPS) is 16.1. The molecule has 0 aromatic heterocycles. The van der Waals surface area contributed by atoms with Crippen molar-refractivity contribution >= 4 is 27.4 Å². The molecule has 148 valence electrons. The zero-order valence-corrected chi connectivity index (χ0v) is 15.5. The van der Waals surface area contributed by atoms with Crippen LogP contribution in [0.4, 0.5) is 11.4 Å². The van der Waals surface area contributed by atoms with Crippen molar-refractivity contribution in [3.63, 3.8) is 0 Å². The third-order valence-electron chi connectivity index (χ3n) is 4.15. The Balaban J connectivity index is 2.05. The van der Waals surface area contributed by atoms with Gasteiger partial charge in [-0.2, -0.15) is 0 Å². The number of nitrogens with zero attached hydrogens (tertiary/aromatic N) is 2.